The Bertz CT molecular complexity index is 197. The van der Waals surface area contributed by atoms with Gasteiger partial charge >= 0.3 is 5.97 Å². The third kappa shape index (κ3) is 4.96. The Hall–Kier alpha value is -0.860. The number of carboxylic acid groups (broad SMARTS) is 1. The van der Waals surface area contributed by atoms with Crippen LogP contribution in [-0.4, -0.2) is 16.9 Å². The molecule has 0 amide bonds. The number of rotatable bonds is 8. The Balaban J connectivity index is 4.32. The van der Waals surface area contributed by atoms with E-state index in [0.29, 0.717) is 0 Å². The average Bonchev–Trinajstić information content (AvgIpc) is 2.15. The maximum absolute atomic E-state index is 11.2. The lowest BCUT2D eigenvalue weighted by Gasteiger charge is -2.20. The van der Waals surface area contributed by atoms with Crippen LogP contribution in [0.25, 0.3) is 0 Å². The van der Waals surface area contributed by atoms with Crippen molar-refractivity contribution in [3.63, 3.8) is 0 Å². The van der Waals surface area contributed by atoms with Crippen molar-refractivity contribution in [2.45, 2.75) is 52.9 Å². The molecule has 2 unspecified atom stereocenters. The predicted molar refractivity (Wildman–Crippen MR) is 59.7 cm³/mol. The summed E-state index contributed by atoms with van der Waals surface area (Å²) in [6.45, 7) is 5.44. The fraction of sp³-hybridized carbons (Fsp3) is 0.833. The molecule has 0 radical (unpaired) electrons. The van der Waals surface area contributed by atoms with Crippen LogP contribution in [0.5, 0.6) is 0 Å². The van der Waals surface area contributed by atoms with Gasteiger partial charge in [-0.15, -0.1) is 0 Å². The molecule has 0 saturated carbocycles. The van der Waals surface area contributed by atoms with E-state index in [1.807, 2.05) is 6.92 Å². The number of unbranched alkanes of at least 4 members (excludes halogenated alkanes) is 2. The summed E-state index contributed by atoms with van der Waals surface area (Å²) in [5.41, 5.74) is 0. The summed E-state index contributed by atoms with van der Waals surface area (Å²) in [6, 6.07) is 0. The number of carbonyl (C=O) groups is 2. The number of carboxylic acids is 1. The minimum absolute atomic E-state index is 0.00606. The highest BCUT2D eigenvalue weighted by Crippen LogP contribution is 2.23. The Morgan fingerprint density at radius 3 is 2.13 bits per heavy atom. The number of aliphatic carboxylic acids is 1. The highest BCUT2D eigenvalue weighted by atomic mass is 16.4. The van der Waals surface area contributed by atoms with Crippen LogP contribution < -0.4 is 0 Å². The number of hydrogen-bond donors (Lipinski definition) is 1. The number of hydrogen-bond acceptors (Lipinski definition) is 2. The van der Waals surface area contributed by atoms with Gasteiger partial charge in [-0.25, -0.2) is 0 Å². The zero-order valence-corrected chi connectivity index (χ0v) is 9.95. The van der Waals surface area contributed by atoms with Gasteiger partial charge in [0.25, 0.3) is 0 Å². The normalized spacial score (nSPS) is 14.6. The first-order valence-electron chi connectivity index (χ1n) is 5.77. The molecule has 0 spiro atoms. The van der Waals surface area contributed by atoms with Gasteiger partial charge in [-0.1, -0.05) is 39.5 Å². The zero-order chi connectivity index (χ0) is 11.8. The van der Waals surface area contributed by atoms with Crippen LogP contribution >= 0.6 is 0 Å². The molecule has 0 aromatic carbocycles. The molecule has 0 aliphatic heterocycles. The Kier molecular flexibility index (Phi) is 7.01. The van der Waals surface area contributed by atoms with Crippen molar-refractivity contribution in [1.29, 1.82) is 0 Å². The molecule has 0 aromatic rings. The summed E-state index contributed by atoms with van der Waals surface area (Å²) in [5, 5.41) is 8.98. The highest BCUT2D eigenvalue weighted by Gasteiger charge is 2.30. The van der Waals surface area contributed by atoms with Crippen molar-refractivity contribution in [2.24, 2.45) is 11.8 Å². The third-order valence-electron chi connectivity index (χ3n) is 2.88. The molecule has 0 aliphatic carbocycles. The standard InChI is InChI=1S/C12H22O3/c1-4-6-7-8-10(5-2)11(9(3)13)12(14)15/h10-11H,4-8H2,1-3H3,(H,14,15). The van der Waals surface area contributed by atoms with Crippen molar-refractivity contribution < 1.29 is 14.7 Å². The minimum Gasteiger partial charge on any atom is -0.481 e. The second-order valence-electron chi connectivity index (χ2n) is 4.09. The first-order valence-corrected chi connectivity index (χ1v) is 5.77. The van der Waals surface area contributed by atoms with Gasteiger partial charge in [0.15, 0.2) is 0 Å². The van der Waals surface area contributed by atoms with Gasteiger partial charge in [0.2, 0.25) is 0 Å². The number of carbonyl (C=O) groups excluding carboxylic acids is 1. The molecule has 1 N–H and O–H groups in total. The van der Waals surface area contributed by atoms with Gasteiger partial charge in [0.05, 0.1) is 0 Å². The van der Waals surface area contributed by atoms with Crippen molar-refractivity contribution in [2.75, 3.05) is 0 Å². The molecule has 15 heavy (non-hydrogen) atoms. The molecule has 0 heterocycles. The maximum Gasteiger partial charge on any atom is 0.314 e. The van der Waals surface area contributed by atoms with Crippen molar-refractivity contribution >= 4 is 11.8 Å². The smallest absolute Gasteiger partial charge is 0.314 e. The Morgan fingerprint density at radius 1 is 1.20 bits per heavy atom. The van der Waals surface area contributed by atoms with E-state index in [2.05, 4.69) is 6.92 Å². The van der Waals surface area contributed by atoms with Crippen LogP contribution in [0.3, 0.4) is 0 Å². The van der Waals surface area contributed by atoms with E-state index in [9.17, 15) is 9.59 Å². The van der Waals surface area contributed by atoms with Crippen molar-refractivity contribution in [3.05, 3.63) is 0 Å². The second-order valence-corrected chi connectivity index (χ2v) is 4.09. The van der Waals surface area contributed by atoms with Gasteiger partial charge in [-0.05, 0) is 19.3 Å². The van der Waals surface area contributed by atoms with Crippen molar-refractivity contribution in [1.82, 2.24) is 0 Å². The first-order chi connectivity index (χ1) is 7.04. The fourth-order valence-corrected chi connectivity index (χ4v) is 1.97. The summed E-state index contributed by atoms with van der Waals surface area (Å²) in [7, 11) is 0. The van der Waals surface area contributed by atoms with E-state index < -0.39 is 11.9 Å². The molecule has 0 bridgehead atoms. The van der Waals surface area contributed by atoms with E-state index in [1.54, 1.807) is 0 Å². The SMILES string of the molecule is CCCCCC(CC)C(C(C)=O)C(=O)O. The van der Waals surface area contributed by atoms with Crippen molar-refractivity contribution in [3.8, 4) is 0 Å². The van der Waals surface area contributed by atoms with E-state index >= 15 is 0 Å². The molecule has 3 nitrogen and oxygen atoms in total. The van der Waals surface area contributed by atoms with Gasteiger partial charge < -0.3 is 5.11 Å². The van der Waals surface area contributed by atoms with Crippen LogP contribution in [-0.2, 0) is 9.59 Å². The van der Waals surface area contributed by atoms with Crippen LogP contribution in [0.1, 0.15) is 52.9 Å². The van der Waals surface area contributed by atoms with Crippen LogP contribution in [0.4, 0.5) is 0 Å². The average molecular weight is 214 g/mol. The summed E-state index contributed by atoms with van der Waals surface area (Å²) in [6.07, 6.45) is 4.86. The second kappa shape index (κ2) is 7.43. The predicted octanol–water partition coefficient (Wildman–Crippen LogP) is 2.88. The first kappa shape index (κ1) is 14.1. The summed E-state index contributed by atoms with van der Waals surface area (Å²) in [5.74, 6) is -1.98. The topological polar surface area (TPSA) is 54.4 Å². The molecule has 0 fully saturated rings. The molecular weight excluding hydrogens is 192 g/mol. The van der Waals surface area contributed by atoms with Gasteiger partial charge in [-0.3, -0.25) is 9.59 Å². The quantitative estimate of drug-likeness (QED) is 0.499. The van der Waals surface area contributed by atoms with Crippen LogP contribution in [0.2, 0.25) is 0 Å². The summed E-state index contributed by atoms with van der Waals surface area (Å²) in [4.78, 5) is 22.2. The molecular formula is C12H22O3. The number of ketones is 1. The van der Waals surface area contributed by atoms with E-state index in [0.717, 1.165) is 32.1 Å². The zero-order valence-electron chi connectivity index (χ0n) is 9.95. The molecule has 2 atom stereocenters. The Labute approximate surface area is 91.9 Å². The molecule has 0 aliphatic rings. The molecule has 0 aromatic heterocycles. The Morgan fingerprint density at radius 2 is 1.80 bits per heavy atom. The lowest BCUT2D eigenvalue weighted by molar-refractivity contribution is -0.148. The fourth-order valence-electron chi connectivity index (χ4n) is 1.97. The third-order valence-corrected chi connectivity index (χ3v) is 2.88. The van der Waals surface area contributed by atoms with E-state index in [4.69, 9.17) is 5.11 Å². The van der Waals surface area contributed by atoms with Crippen LogP contribution in [0, 0.1) is 11.8 Å². The number of Topliss-reactive ketones (excluding diaryl/α,β-unsaturated/α-hetero) is 1. The minimum atomic E-state index is -0.967. The van der Waals surface area contributed by atoms with Crippen LogP contribution in [0.15, 0.2) is 0 Å². The van der Waals surface area contributed by atoms with E-state index in [-0.39, 0.29) is 11.7 Å². The van der Waals surface area contributed by atoms with Gasteiger partial charge in [-0.2, -0.15) is 0 Å². The largest absolute Gasteiger partial charge is 0.481 e. The monoisotopic (exact) mass is 214 g/mol. The summed E-state index contributed by atoms with van der Waals surface area (Å²) < 4.78 is 0. The molecule has 0 saturated heterocycles. The molecule has 3 heteroatoms. The molecule has 88 valence electrons. The lowest BCUT2D eigenvalue weighted by atomic mass is 9.83. The van der Waals surface area contributed by atoms with Gasteiger partial charge in [0.1, 0.15) is 11.7 Å². The lowest BCUT2D eigenvalue weighted by Crippen LogP contribution is -2.29. The van der Waals surface area contributed by atoms with Gasteiger partial charge in [0, 0.05) is 0 Å². The maximum atomic E-state index is 11.2. The summed E-state index contributed by atoms with van der Waals surface area (Å²) >= 11 is 0. The molecule has 0 rings (SSSR count). The highest BCUT2D eigenvalue weighted by molar-refractivity contribution is 5.97. The van der Waals surface area contributed by atoms with E-state index in [1.165, 1.54) is 6.92 Å².